The third-order valence-electron chi connectivity index (χ3n) is 7.06. The van der Waals surface area contributed by atoms with Crippen molar-refractivity contribution >= 4 is 15.6 Å². The first-order valence-electron chi connectivity index (χ1n) is 11.5. The predicted octanol–water partition coefficient (Wildman–Crippen LogP) is 5.29. The molecule has 3 aliphatic rings. The summed E-state index contributed by atoms with van der Waals surface area (Å²) in [4.78, 5) is 2.84. The standard InChI is InChI=1S/C24H31F3N2O2S/c1-18-10-14-28(15-11-18)21-12-16-29(17-13-21)32(30,31)23-5-3-2-4-22(23)19-6-8-20(9-7-19)24(25,26)27/h2,4,6-9,18,21H,3,5,10-17H2,1H3. The largest absolute Gasteiger partial charge is 0.416 e. The summed E-state index contributed by atoms with van der Waals surface area (Å²) in [5, 5.41) is 0. The van der Waals surface area contributed by atoms with Gasteiger partial charge in [0, 0.05) is 19.1 Å². The van der Waals surface area contributed by atoms with Crippen LogP contribution in [0.5, 0.6) is 0 Å². The highest BCUT2D eigenvalue weighted by molar-refractivity contribution is 7.93. The summed E-state index contributed by atoms with van der Waals surface area (Å²) < 4.78 is 67.4. The highest BCUT2D eigenvalue weighted by Gasteiger charge is 2.35. The second kappa shape index (κ2) is 9.31. The van der Waals surface area contributed by atoms with Crippen LogP contribution < -0.4 is 0 Å². The van der Waals surface area contributed by atoms with Gasteiger partial charge in [0.05, 0.1) is 10.5 Å². The Morgan fingerprint density at radius 1 is 0.938 bits per heavy atom. The molecule has 2 aliphatic heterocycles. The molecule has 2 fully saturated rings. The summed E-state index contributed by atoms with van der Waals surface area (Å²) in [7, 11) is -3.66. The molecule has 0 atom stereocenters. The van der Waals surface area contributed by atoms with E-state index < -0.39 is 21.8 Å². The Balaban J connectivity index is 1.51. The van der Waals surface area contributed by atoms with Crippen molar-refractivity contribution in [3.8, 4) is 0 Å². The lowest BCUT2D eigenvalue weighted by atomic mass is 9.95. The minimum atomic E-state index is -4.42. The van der Waals surface area contributed by atoms with Gasteiger partial charge in [-0.15, -0.1) is 0 Å². The number of nitrogens with zero attached hydrogens (tertiary/aromatic N) is 2. The fourth-order valence-electron chi connectivity index (χ4n) is 5.00. The highest BCUT2D eigenvalue weighted by Crippen LogP contribution is 2.36. The SMILES string of the molecule is CC1CCN(C2CCN(S(=O)(=O)C3=C(c4ccc(C(F)(F)F)cc4)C=CCC3)CC2)CC1. The molecule has 4 nitrogen and oxygen atoms in total. The van der Waals surface area contributed by atoms with E-state index in [1.54, 1.807) is 10.4 Å². The highest BCUT2D eigenvalue weighted by atomic mass is 32.2. The monoisotopic (exact) mass is 468 g/mol. The van der Waals surface area contributed by atoms with E-state index in [1.807, 2.05) is 6.08 Å². The molecule has 0 aromatic heterocycles. The molecular weight excluding hydrogens is 437 g/mol. The Morgan fingerprint density at radius 3 is 2.16 bits per heavy atom. The number of likely N-dealkylation sites (tertiary alicyclic amines) is 1. The van der Waals surface area contributed by atoms with Gasteiger partial charge < -0.3 is 4.90 Å². The van der Waals surface area contributed by atoms with E-state index in [0.717, 1.165) is 44.0 Å². The number of hydrogen-bond acceptors (Lipinski definition) is 3. The average Bonchev–Trinajstić information content (AvgIpc) is 2.79. The average molecular weight is 469 g/mol. The number of allylic oxidation sites excluding steroid dienone is 4. The maximum Gasteiger partial charge on any atom is 0.416 e. The van der Waals surface area contributed by atoms with Crippen molar-refractivity contribution in [2.24, 2.45) is 5.92 Å². The molecule has 1 aromatic carbocycles. The van der Waals surface area contributed by atoms with Crippen LogP contribution in [0, 0.1) is 5.92 Å². The number of benzene rings is 1. The van der Waals surface area contributed by atoms with Gasteiger partial charge in [0.1, 0.15) is 0 Å². The smallest absolute Gasteiger partial charge is 0.300 e. The van der Waals surface area contributed by atoms with Gasteiger partial charge in [0.25, 0.3) is 0 Å². The zero-order valence-corrected chi connectivity index (χ0v) is 19.3. The number of alkyl halides is 3. The molecule has 0 amide bonds. The molecule has 32 heavy (non-hydrogen) atoms. The maximum atomic E-state index is 13.5. The Labute approximate surface area is 188 Å². The van der Waals surface area contributed by atoms with Gasteiger partial charge in [-0.3, -0.25) is 0 Å². The van der Waals surface area contributed by atoms with Gasteiger partial charge in [-0.1, -0.05) is 31.2 Å². The van der Waals surface area contributed by atoms with Crippen molar-refractivity contribution in [2.75, 3.05) is 26.2 Å². The molecule has 2 saturated heterocycles. The van der Waals surface area contributed by atoms with Gasteiger partial charge in [0.2, 0.25) is 10.0 Å². The minimum absolute atomic E-state index is 0.324. The van der Waals surface area contributed by atoms with Gasteiger partial charge >= 0.3 is 6.18 Å². The van der Waals surface area contributed by atoms with Crippen LogP contribution in [0.2, 0.25) is 0 Å². The van der Waals surface area contributed by atoms with E-state index in [2.05, 4.69) is 11.8 Å². The second-order valence-electron chi connectivity index (χ2n) is 9.21. The van der Waals surface area contributed by atoms with Crippen molar-refractivity contribution in [3.05, 3.63) is 52.4 Å². The quantitative estimate of drug-likeness (QED) is 0.603. The van der Waals surface area contributed by atoms with Gasteiger partial charge in [-0.05, 0) is 80.8 Å². The van der Waals surface area contributed by atoms with E-state index in [-0.39, 0.29) is 0 Å². The molecular formula is C24H31F3N2O2S. The Hall–Kier alpha value is -1.64. The molecule has 1 aromatic rings. The fourth-order valence-corrected chi connectivity index (χ4v) is 6.85. The molecule has 0 spiro atoms. The van der Waals surface area contributed by atoms with Crippen LogP contribution >= 0.6 is 0 Å². The fraction of sp³-hybridized carbons (Fsp3) is 0.583. The molecule has 8 heteroatoms. The van der Waals surface area contributed by atoms with Crippen molar-refractivity contribution in [1.29, 1.82) is 0 Å². The molecule has 0 bridgehead atoms. The molecule has 0 N–H and O–H groups in total. The molecule has 0 saturated carbocycles. The normalized spacial score (nSPS) is 23.1. The van der Waals surface area contributed by atoms with Crippen LogP contribution in [-0.4, -0.2) is 49.8 Å². The molecule has 176 valence electrons. The van der Waals surface area contributed by atoms with E-state index >= 15 is 0 Å². The van der Waals surface area contributed by atoms with Crippen LogP contribution in [0.15, 0.2) is 41.3 Å². The van der Waals surface area contributed by atoms with Crippen molar-refractivity contribution in [1.82, 2.24) is 9.21 Å². The van der Waals surface area contributed by atoms with E-state index in [4.69, 9.17) is 0 Å². The minimum Gasteiger partial charge on any atom is -0.300 e. The number of hydrogen-bond donors (Lipinski definition) is 0. The maximum absolute atomic E-state index is 13.5. The lowest BCUT2D eigenvalue weighted by molar-refractivity contribution is -0.137. The van der Waals surface area contributed by atoms with Crippen molar-refractivity contribution in [2.45, 2.75) is 57.7 Å². The van der Waals surface area contributed by atoms with E-state index in [1.165, 1.54) is 25.0 Å². The summed E-state index contributed by atoms with van der Waals surface area (Å²) in [6.07, 6.45) is 4.25. The Morgan fingerprint density at radius 2 is 1.56 bits per heavy atom. The van der Waals surface area contributed by atoms with E-state index in [0.29, 0.717) is 48.0 Å². The van der Waals surface area contributed by atoms with Crippen LogP contribution in [0.25, 0.3) is 5.57 Å². The van der Waals surface area contributed by atoms with E-state index in [9.17, 15) is 21.6 Å². The number of piperidine rings is 2. The zero-order chi connectivity index (χ0) is 22.9. The number of halogens is 3. The lowest BCUT2D eigenvalue weighted by Gasteiger charge is -2.41. The van der Waals surface area contributed by atoms with Crippen molar-refractivity contribution < 1.29 is 21.6 Å². The van der Waals surface area contributed by atoms with Crippen LogP contribution in [0.1, 0.15) is 56.6 Å². The summed E-state index contributed by atoms with van der Waals surface area (Å²) in [5.41, 5.74) is 0.280. The second-order valence-corrected chi connectivity index (χ2v) is 11.2. The Kier molecular flexibility index (Phi) is 6.84. The van der Waals surface area contributed by atoms with Crippen LogP contribution in [-0.2, 0) is 16.2 Å². The molecule has 0 radical (unpaired) electrons. The zero-order valence-electron chi connectivity index (χ0n) is 18.4. The third kappa shape index (κ3) is 4.97. The summed E-state index contributed by atoms with van der Waals surface area (Å²) in [6, 6.07) is 5.20. The van der Waals surface area contributed by atoms with Crippen molar-refractivity contribution in [3.63, 3.8) is 0 Å². The first-order valence-corrected chi connectivity index (χ1v) is 12.9. The van der Waals surface area contributed by atoms with Gasteiger partial charge in [0.15, 0.2) is 0 Å². The van der Waals surface area contributed by atoms with Gasteiger partial charge in [-0.2, -0.15) is 17.5 Å². The molecule has 2 heterocycles. The number of rotatable bonds is 4. The Bertz CT molecular complexity index is 967. The third-order valence-corrected chi connectivity index (χ3v) is 9.15. The van der Waals surface area contributed by atoms with Crippen LogP contribution in [0.3, 0.4) is 0 Å². The van der Waals surface area contributed by atoms with Crippen LogP contribution in [0.4, 0.5) is 13.2 Å². The summed E-state index contributed by atoms with van der Waals surface area (Å²) in [5.74, 6) is 0.765. The lowest BCUT2D eigenvalue weighted by Crippen LogP contribution is -2.49. The van der Waals surface area contributed by atoms with Gasteiger partial charge in [-0.25, -0.2) is 8.42 Å². The number of sulfonamides is 1. The first kappa shape index (κ1) is 23.5. The topological polar surface area (TPSA) is 40.6 Å². The summed E-state index contributed by atoms with van der Waals surface area (Å²) >= 11 is 0. The predicted molar refractivity (Wildman–Crippen MR) is 120 cm³/mol. The molecule has 4 rings (SSSR count). The summed E-state index contributed by atoms with van der Waals surface area (Å²) in [6.45, 7) is 5.45. The molecule has 1 aliphatic carbocycles. The first-order chi connectivity index (χ1) is 15.2. The molecule has 0 unspecified atom stereocenters.